The van der Waals surface area contributed by atoms with Gasteiger partial charge in [0, 0.05) is 54.8 Å². The lowest BCUT2D eigenvalue weighted by atomic mass is 9.96. The minimum Gasteiger partial charge on any atom is -0.456 e. The van der Waals surface area contributed by atoms with Crippen LogP contribution in [-0.4, -0.2) is 76.2 Å². The molecule has 1 heterocycles. The second kappa shape index (κ2) is 12.2. The number of alkyl halides is 1. The summed E-state index contributed by atoms with van der Waals surface area (Å²) in [5, 5.41) is 0. The molecule has 0 bridgehead atoms. The molecule has 1 unspecified atom stereocenters. The number of carbonyl (C=O) groups is 4. The molecule has 0 radical (unpaired) electrons. The Morgan fingerprint density at radius 3 is 1.81 bits per heavy atom. The number of nitrogens with one attached hydrogen (secondary N) is 1. The molecular weight excluding hydrogens is 458 g/mol. The van der Waals surface area contributed by atoms with Gasteiger partial charge >= 0.3 is 23.9 Å². The number of ether oxygens (including phenoxy) is 5. The first-order valence-electron chi connectivity index (χ1n) is 9.50. The predicted molar refractivity (Wildman–Crippen MR) is 108 cm³/mol. The van der Waals surface area contributed by atoms with Crippen molar-refractivity contribution in [3.05, 3.63) is 0 Å². The lowest BCUT2D eigenvalue weighted by molar-refractivity contribution is -0.295. The van der Waals surface area contributed by atoms with Crippen LogP contribution in [0.15, 0.2) is 0 Å². The Morgan fingerprint density at radius 1 is 0.839 bits per heavy atom. The summed E-state index contributed by atoms with van der Waals surface area (Å²) >= 11 is 5.60. The largest absolute Gasteiger partial charge is 0.456 e. The first-order valence-corrected chi connectivity index (χ1v) is 11.9. The summed E-state index contributed by atoms with van der Waals surface area (Å²) in [7, 11) is -3.01. The molecule has 0 aromatic carbocycles. The van der Waals surface area contributed by atoms with E-state index in [1.54, 1.807) is 0 Å². The van der Waals surface area contributed by atoms with Crippen LogP contribution in [0.2, 0.25) is 0 Å². The van der Waals surface area contributed by atoms with Crippen molar-refractivity contribution in [3.63, 3.8) is 0 Å². The van der Waals surface area contributed by atoms with Crippen LogP contribution in [-0.2, 0) is 52.6 Å². The zero-order valence-corrected chi connectivity index (χ0v) is 19.4. The summed E-state index contributed by atoms with van der Waals surface area (Å²) in [6.07, 6.45) is -6.26. The van der Waals surface area contributed by atoms with Crippen LogP contribution in [0.1, 0.15) is 40.5 Å². The van der Waals surface area contributed by atoms with Crippen molar-refractivity contribution in [2.75, 3.05) is 17.4 Å². The van der Waals surface area contributed by atoms with Crippen LogP contribution in [0.25, 0.3) is 0 Å². The molecule has 0 spiro atoms. The van der Waals surface area contributed by atoms with Crippen LogP contribution in [0.5, 0.6) is 0 Å². The van der Waals surface area contributed by atoms with Crippen molar-refractivity contribution in [2.24, 2.45) is 0 Å². The van der Waals surface area contributed by atoms with E-state index in [1.807, 2.05) is 0 Å². The summed E-state index contributed by atoms with van der Waals surface area (Å²) in [6, 6.07) is 0. The number of hydrogen-bond acceptors (Lipinski definition) is 11. The highest BCUT2D eigenvalue weighted by Crippen LogP contribution is 2.31. The number of rotatable bonds is 10. The molecule has 1 fully saturated rings. The second-order valence-corrected chi connectivity index (χ2v) is 9.74. The molecule has 1 saturated heterocycles. The maximum absolute atomic E-state index is 12.4. The van der Waals surface area contributed by atoms with Gasteiger partial charge in [-0.15, -0.1) is 11.6 Å². The van der Waals surface area contributed by atoms with Gasteiger partial charge in [0.2, 0.25) is 12.4 Å². The van der Waals surface area contributed by atoms with Crippen molar-refractivity contribution in [3.8, 4) is 0 Å². The standard InChI is InChI=1S/C18H28ClNO10S/c1-10(21)26-15-14(6-9-31(20,25)8-5-7-19)30-18(29-13(4)24)17(28-12(3)23)16(15)27-11(2)22/h14-18,20H,5-9H2,1-4H3/t14-,15-,16+,17+,18+,31?/m1/s1. The molecule has 0 amide bonds. The SMILES string of the molecule is CC(=O)O[C@H]1O[C@H](CCS(=N)(=O)CCCCl)[C@@H](OC(C)=O)[C@H](OC(C)=O)[C@@H]1OC(C)=O. The van der Waals surface area contributed by atoms with E-state index in [0.29, 0.717) is 6.42 Å². The third-order valence-corrected chi connectivity index (χ3v) is 6.23. The summed E-state index contributed by atoms with van der Waals surface area (Å²) in [5.74, 6) is -2.87. The van der Waals surface area contributed by atoms with E-state index in [4.69, 9.17) is 40.1 Å². The van der Waals surface area contributed by atoms with Crippen LogP contribution in [0.4, 0.5) is 0 Å². The van der Waals surface area contributed by atoms with Gasteiger partial charge in [-0.25, -0.2) is 4.21 Å². The molecule has 0 aliphatic carbocycles. The van der Waals surface area contributed by atoms with Gasteiger partial charge in [-0.1, -0.05) is 0 Å². The van der Waals surface area contributed by atoms with Crippen LogP contribution < -0.4 is 0 Å². The van der Waals surface area contributed by atoms with Gasteiger partial charge in [0.15, 0.2) is 12.2 Å². The Labute approximate surface area is 186 Å². The van der Waals surface area contributed by atoms with Gasteiger partial charge in [-0.3, -0.25) is 24.0 Å². The minimum absolute atomic E-state index is 0.0507. The molecule has 0 saturated carbocycles. The van der Waals surface area contributed by atoms with E-state index < -0.39 is 64.3 Å². The minimum atomic E-state index is -3.01. The molecule has 11 nitrogen and oxygen atoms in total. The van der Waals surface area contributed by atoms with Crippen LogP contribution in [0, 0.1) is 4.78 Å². The zero-order valence-electron chi connectivity index (χ0n) is 17.8. The topological polar surface area (TPSA) is 155 Å². The molecular formula is C18H28ClNO10S. The fraction of sp³-hybridized carbons (Fsp3) is 0.778. The third kappa shape index (κ3) is 9.40. The molecule has 1 aliphatic rings. The summed E-state index contributed by atoms with van der Waals surface area (Å²) < 4.78 is 46.9. The summed E-state index contributed by atoms with van der Waals surface area (Å²) in [6.45, 7) is 4.42. The van der Waals surface area contributed by atoms with Gasteiger partial charge in [0.25, 0.3) is 0 Å². The van der Waals surface area contributed by atoms with E-state index in [0.717, 1.165) is 27.7 Å². The van der Waals surface area contributed by atoms with E-state index in [1.165, 1.54) is 0 Å². The molecule has 6 atom stereocenters. The molecule has 1 rings (SSSR count). The van der Waals surface area contributed by atoms with Gasteiger partial charge < -0.3 is 23.7 Å². The fourth-order valence-corrected chi connectivity index (χ4v) is 4.76. The van der Waals surface area contributed by atoms with E-state index in [2.05, 4.69) is 0 Å². The van der Waals surface area contributed by atoms with E-state index in [-0.39, 0.29) is 23.8 Å². The number of esters is 4. The Morgan fingerprint density at radius 2 is 1.32 bits per heavy atom. The number of hydrogen-bond donors (Lipinski definition) is 1. The maximum atomic E-state index is 12.4. The molecule has 13 heteroatoms. The van der Waals surface area contributed by atoms with E-state index in [9.17, 15) is 23.4 Å². The van der Waals surface area contributed by atoms with Gasteiger partial charge in [0.05, 0.1) is 0 Å². The number of carbonyl (C=O) groups excluding carboxylic acids is 4. The van der Waals surface area contributed by atoms with Crippen molar-refractivity contribution < 1.29 is 47.1 Å². The van der Waals surface area contributed by atoms with Crippen molar-refractivity contribution in [2.45, 2.75) is 71.2 Å². The fourth-order valence-electron chi connectivity index (χ4n) is 3.04. The maximum Gasteiger partial charge on any atom is 0.305 e. The van der Waals surface area contributed by atoms with Crippen LogP contribution >= 0.6 is 11.6 Å². The highest BCUT2D eigenvalue weighted by Gasteiger charge is 2.53. The normalized spacial score (nSPS) is 27.5. The van der Waals surface area contributed by atoms with Crippen LogP contribution in [0.3, 0.4) is 0 Å². The Hall–Kier alpha value is -1.92. The predicted octanol–water partition coefficient (Wildman–Crippen LogP) is 1.14. The smallest absolute Gasteiger partial charge is 0.305 e. The Kier molecular flexibility index (Phi) is 10.7. The molecule has 0 aromatic heterocycles. The molecule has 178 valence electrons. The Bertz CT molecular complexity index is 771. The molecule has 1 N–H and O–H groups in total. The van der Waals surface area contributed by atoms with Crippen molar-refractivity contribution in [1.82, 2.24) is 0 Å². The van der Waals surface area contributed by atoms with Gasteiger partial charge in [-0.05, 0) is 12.8 Å². The average Bonchev–Trinajstić information content (AvgIpc) is 2.62. The monoisotopic (exact) mass is 485 g/mol. The van der Waals surface area contributed by atoms with Gasteiger partial charge in [0.1, 0.15) is 6.10 Å². The number of halogens is 1. The highest BCUT2D eigenvalue weighted by molar-refractivity contribution is 7.92. The summed E-state index contributed by atoms with van der Waals surface area (Å²) in [4.78, 5) is 46.6. The average molecular weight is 486 g/mol. The Balaban J connectivity index is 3.28. The molecule has 31 heavy (non-hydrogen) atoms. The second-order valence-electron chi connectivity index (χ2n) is 6.93. The molecule has 0 aromatic rings. The van der Waals surface area contributed by atoms with E-state index >= 15 is 0 Å². The van der Waals surface area contributed by atoms with Crippen molar-refractivity contribution >= 4 is 45.2 Å². The first kappa shape index (κ1) is 27.1. The third-order valence-electron chi connectivity index (χ3n) is 4.12. The quantitative estimate of drug-likeness (QED) is 0.270. The molecule has 1 aliphatic heterocycles. The first-order chi connectivity index (χ1) is 14.4. The highest BCUT2D eigenvalue weighted by atomic mass is 35.5. The lowest BCUT2D eigenvalue weighted by Crippen LogP contribution is -2.62. The van der Waals surface area contributed by atoms with Gasteiger partial charge in [-0.2, -0.15) is 0 Å². The lowest BCUT2D eigenvalue weighted by Gasteiger charge is -2.44. The summed E-state index contributed by atoms with van der Waals surface area (Å²) in [5.41, 5.74) is 0. The zero-order chi connectivity index (χ0) is 23.8. The van der Waals surface area contributed by atoms with Crippen molar-refractivity contribution in [1.29, 1.82) is 4.78 Å².